The summed E-state index contributed by atoms with van der Waals surface area (Å²) in [7, 11) is 0. The predicted molar refractivity (Wildman–Crippen MR) is 100 cm³/mol. The number of anilines is 2. The number of allylic oxidation sites excluding steroid dienone is 2. The largest absolute Gasteiger partial charge is 0.478 e. The van der Waals surface area contributed by atoms with Crippen molar-refractivity contribution in [2.45, 2.75) is 25.3 Å². The van der Waals surface area contributed by atoms with E-state index in [0.717, 1.165) is 23.4 Å². The monoisotopic (exact) mass is 348 g/mol. The number of carbonyl (C=O) groups excluding carboxylic acids is 1. The number of nitrogens with one attached hydrogen (secondary N) is 2. The highest BCUT2D eigenvalue weighted by Crippen LogP contribution is 2.50. The SMILES string of the molecule is CC(=O)Nc1ccc2c(c1)[C@H]1C=CC[C@@H]1[C@H](c1ccc(C(=O)O)cc1)N2. The maximum absolute atomic E-state index is 11.3. The molecule has 0 fully saturated rings. The number of amides is 1. The van der Waals surface area contributed by atoms with Gasteiger partial charge in [-0.2, -0.15) is 0 Å². The third-order valence-electron chi connectivity index (χ3n) is 5.20. The van der Waals surface area contributed by atoms with Gasteiger partial charge in [-0.15, -0.1) is 0 Å². The first-order valence-electron chi connectivity index (χ1n) is 8.71. The van der Waals surface area contributed by atoms with E-state index in [1.807, 2.05) is 30.3 Å². The van der Waals surface area contributed by atoms with Crippen molar-refractivity contribution in [3.8, 4) is 0 Å². The maximum Gasteiger partial charge on any atom is 0.335 e. The molecular formula is C21H20N2O3. The molecule has 3 N–H and O–H groups in total. The fraction of sp³-hybridized carbons (Fsp3) is 0.238. The first-order valence-corrected chi connectivity index (χ1v) is 8.71. The van der Waals surface area contributed by atoms with Gasteiger partial charge in [0, 0.05) is 24.2 Å². The van der Waals surface area contributed by atoms with Crippen molar-refractivity contribution < 1.29 is 14.7 Å². The molecule has 2 aromatic rings. The van der Waals surface area contributed by atoms with E-state index < -0.39 is 5.97 Å². The Bertz CT molecular complexity index is 902. The molecule has 1 amide bonds. The summed E-state index contributed by atoms with van der Waals surface area (Å²) < 4.78 is 0. The van der Waals surface area contributed by atoms with Crippen LogP contribution in [0.3, 0.4) is 0 Å². The van der Waals surface area contributed by atoms with Gasteiger partial charge in [-0.25, -0.2) is 4.79 Å². The topological polar surface area (TPSA) is 78.4 Å². The minimum absolute atomic E-state index is 0.0800. The minimum atomic E-state index is -0.913. The van der Waals surface area contributed by atoms with Crippen molar-refractivity contribution in [1.29, 1.82) is 0 Å². The minimum Gasteiger partial charge on any atom is -0.478 e. The van der Waals surface area contributed by atoms with Crippen LogP contribution in [0.5, 0.6) is 0 Å². The number of hydrogen-bond acceptors (Lipinski definition) is 3. The number of benzene rings is 2. The smallest absolute Gasteiger partial charge is 0.335 e. The van der Waals surface area contributed by atoms with Crippen LogP contribution in [0.1, 0.15) is 46.8 Å². The zero-order valence-electron chi connectivity index (χ0n) is 14.4. The molecule has 0 saturated heterocycles. The average molecular weight is 348 g/mol. The quantitative estimate of drug-likeness (QED) is 0.728. The lowest BCUT2D eigenvalue weighted by molar-refractivity contribution is -0.114. The van der Waals surface area contributed by atoms with Crippen molar-refractivity contribution in [3.05, 3.63) is 71.3 Å². The molecule has 26 heavy (non-hydrogen) atoms. The Kier molecular flexibility index (Phi) is 3.99. The van der Waals surface area contributed by atoms with Crippen LogP contribution in [0.15, 0.2) is 54.6 Å². The summed E-state index contributed by atoms with van der Waals surface area (Å²) in [6.07, 6.45) is 5.41. The lowest BCUT2D eigenvalue weighted by Crippen LogP contribution is -2.29. The number of fused-ring (bicyclic) bond motifs is 3. The molecule has 1 aliphatic heterocycles. The third-order valence-corrected chi connectivity index (χ3v) is 5.20. The standard InChI is InChI=1S/C21H20N2O3/c1-12(24)22-15-9-10-19-18(11-15)16-3-2-4-17(16)20(23-19)13-5-7-14(8-6-13)21(25)26/h2-3,5-11,16-17,20,23H,4H2,1H3,(H,22,24)(H,25,26)/t16-,17-,20-/m0/s1. The van der Waals surface area contributed by atoms with Crippen molar-refractivity contribution in [3.63, 3.8) is 0 Å². The van der Waals surface area contributed by atoms with E-state index in [-0.39, 0.29) is 17.9 Å². The molecule has 2 aliphatic rings. The number of carbonyl (C=O) groups is 2. The number of carboxylic acids is 1. The van der Waals surface area contributed by atoms with Gasteiger partial charge in [-0.05, 0) is 53.8 Å². The Morgan fingerprint density at radius 1 is 1.15 bits per heavy atom. The van der Waals surface area contributed by atoms with E-state index in [2.05, 4.69) is 22.8 Å². The number of carboxylic acid groups (broad SMARTS) is 1. The number of aromatic carboxylic acids is 1. The van der Waals surface area contributed by atoms with Gasteiger partial charge in [0.15, 0.2) is 0 Å². The fourth-order valence-electron chi connectivity index (χ4n) is 4.04. The van der Waals surface area contributed by atoms with Gasteiger partial charge in [-0.1, -0.05) is 24.3 Å². The van der Waals surface area contributed by atoms with Gasteiger partial charge in [-0.3, -0.25) is 4.79 Å². The number of hydrogen-bond donors (Lipinski definition) is 3. The summed E-state index contributed by atoms with van der Waals surface area (Å²) in [4.78, 5) is 22.4. The van der Waals surface area contributed by atoms with Crippen molar-refractivity contribution in [2.75, 3.05) is 10.6 Å². The summed E-state index contributed by atoms with van der Waals surface area (Å²) in [5.74, 6) is -0.345. The Balaban J connectivity index is 1.68. The van der Waals surface area contributed by atoms with Crippen molar-refractivity contribution >= 4 is 23.3 Å². The van der Waals surface area contributed by atoms with E-state index in [1.165, 1.54) is 12.5 Å². The molecule has 1 aliphatic carbocycles. The van der Waals surface area contributed by atoms with Gasteiger partial charge in [0.25, 0.3) is 0 Å². The van der Waals surface area contributed by atoms with Crippen LogP contribution in [0, 0.1) is 5.92 Å². The van der Waals surface area contributed by atoms with Crippen LogP contribution in [0.2, 0.25) is 0 Å². The molecule has 1 heterocycles. The molecule has 5 heteroatoms. The normalized spacial score (nSPS) is 22.9. The van der Waals surface area contributed by atoms with Crippen molar-refractivity contribution in [2.24, 2.45) is 5.92 Å². The molecule has 0 saturated carbocycles. The molecule has 3 atom stereocenters. The van der Waals surface area contributed by atoms with Crippen molar-refractivity contribution in [1.82, 2.24) is 0 Å². The van der Waals surface area contributed by atoms with Crippen LogP contribution in [-0.2, 0) is 4.79 Å². The molecule has 4 rings (SSSR count). The number of rotatable bonds is 3. The highest BCUT2D eigenvalue weighted by Gasteiger charge is 2.37. The van der Waals surface area contributed by atoms with Gasteiger partial charge in [0.2, 0.25) is 5.91 Å². The summed E-state index contributed by atoms with van der Waals surface area (Å²) in [6.45, 7) is 1.51. The molecule has 0 aromatic heterocycles. The molecule has 0 radical (unpaired) electrons. The average Bonchev–Trinajstić information content (AvgIpc) is 3.11. The van der Waals surface area contributed by atoms with E-state index >= 15 is 0 Å². The Morgan fingerprint density at radius 3 is 2.62 bits per heavy atom. The van der Waals surface area contributed by atoms with E-state index in [0.29, 0.717) is 11.5 Å². The lowest BCUT2D eigenvalue weighted by Gasteiger charge is -2.37. The lowest BCUT2D eigenvalue weighted by atomic mass is 9.77. The molecule has 2 aromatic carbocycles. The molecule has 132 valence electrons. The Morgan fingerprint density at radius 2 is 1.92 bits per heavy atom. The van der Waals surface area contributed by atoms with E-state index in [4.69, 9.17) is 5.11 Å². The maximum atomic E-state index is 11.3. The second-order valence-corrected chi connectivity index (χ2v) is 6.89. The third kappa shape index (κ3) is 2.86. The zero-order valence-corrected chi connectivity index (χ0v) is 14.4. The predicted octanol–water partition coefficient (Wildman–Crippen LogP) is 4.17. The van der Waals surface area contributed by atoms with Gasteiger partial charge < -0.3 is 15.7 Å². The highest BCUT2D eigenvalue weighted by molar-refractivity contribution is 5.89. The van der Waals surface area contributed by atoms with Crippen LogP contribution >= 0.6 is 0 Å². The highest BCUT2D eigenvalue weighted by atomic mass is 16.4. The van der Waals surface area contributed by atoms with Gasteiger partial charge in [0.1, 0.15) is 0 Å². The molecule has 5 nitrogen and oxygen atoms in total. The van der Waals surface area contributed by atoms with Crippen LogP contribution < -0.4 is 10.6 Å². The summed E-state index contributed by atoms with van der Waals surface area (Å²) >= 11 is 0. The molecule has 0 bridgehead atoms. The second-order valence-electron chi connectivity index (χ2n) is 6.89. The summed E-state index contributed by atoms with van der Waals surface area (Å²) in [5.41, 5.74) is 4.44. The summed E-state index contributed by atoms with van der Waals surface area (Å²) in [5, 5.41) is 15.6. The Labute approximate surface area is 151 Å². The first kappa shape index (κ1) is 16.4. The van der Waals surface area contributed by atoms with E-state index in [9.17, 15) is 9.59 Å². The second kappa shape index (κ2) is 6.33. The van der Waals surface area contributed by atoms with Crippen LogP contribution in [-0.4, -0.2) is 17.0 Å². The fourth-order valence-corrected chi connectivity index (χ4v) is 4.04. The van der Waals surface area contributed by atoms with Gasteiger partial charge >= 0.3 is 5.97 Å². The molecular weight excluding hydrogens is 328 g/mol. The zero-order chi connectivity index (χ0) is 18.3. The molecule has 0 unspecified atom stereocenters. The van der Waals surface area contributed by atoms with Crippen LogP contribution in [0.4, 0.5) is 11.4 Å². The van der Waals surface area contributed by atoms with E-state index in [1.54, 1.807) is 12.1 Å². The Hall–Kier alpha value is -3.08. The summed E-state index contributed by atoms with van der Waals surface area (Å²) in [6, 6.07) is 13.2. The first-order chi connectivity index (χ1) is 12.5. The van der Waals surface area contributed by atoms with Crippen LogP contribution in [0.25, 0.3) is 0 Å². The molecule has 0 spiro atoms. The van der Waals surface area contributed by atoms with Gasteiger partial charge in [0.05, 0.1) is 11.6 Å².